The molecule has 0 aromatic carbocycles. The Hall–Kier alpha value is -2.64. The molecule has 0 aliphatic heterocycles. The third kappa shape index (κ3) is 3.17. The maximum Gasteiger partial charge on any atom is 0.325 e. The van der Waals surface area contributed by atoms with Crippen LogP contribution in [0.5, 0.6) is 0 Å². The molecule has 96 valence electrons. The summed E-state index contributed by atoms with van der Waals surface area (Å²) in [6, 6.07) is 0. The number of carbonyl (C=O) groups excluding carboxylic acids is 1. The van der Waals surface area contributed by atoms with Crippen LogP contribution >= 0.6 is 0 Å². The molecule has 0 saturated carbocycles. The summed E-state index contributed by atoms with van der Waals surface area (Å²) in [5.41, 5.74) is -1.95. The van der Waals surface area contributed by atoms with Crippen LogP contribution < -0.4 is 11.2 Å². The van der Waals surface area contributed by atoms with E-state index in [1.807, 2.05) is 4.98 Å². The second-order valence-electron chi connectivity index (χ2n) is 3.35. The molecule has 1 aromatic rings. The largest absolute Gasteiger partial charge is 0.480 e. The SMILES string of the molecule is C=CCN(CC(=O)O)C(=O)c1c[nH]c(=O)[nH]c1=O. The van der Waals surface area contributed by atoms with Gasteiger partial charge in [0.25, 0.3) is 11.5 Å². The monoisotopic (exact) mass is 253 g/mol. The lowest BCUT2D eigenvalue weighted by Crippen LogP contribution is -2.39. The number of carboxylic acid groups (broad SMARTS) is 1. The summed E-state index contributed by atoms with van der Waals surface area (Å²) in [6.45, 7) is 2.80. The zero-order valence-corrected chi connectivity index (χ0v) is 9.30. The summed E-state index contributed by atoms with van der Waals surface area (Å²) in [4.78, 5) is 49.6. The van der Waals surface area contributed by atoms with Gasteiger partial charge in [-0.15, -0.1) is 6.58 Å². The first-order chi connectivity index (χ1) is 8.45. The van der Waals surface area contributed by atoms with Gasteiger partial charge in [-0.25, -0.2) is 4.79 Å². The fraction of sp³-hybridized carbons (Fsp3) is 0.200. The van der Waals surface area contributed by atoms with Crippen molar-refractivity contribution in [1.82, 2.24) is 14.9 Å². The average molecular weight is 253 g/mol. The van der Waals surface area contributed by atoms with Gasteiger partial charge in [-0.1, -0.05) is 6.08 Å². The first-order valence-corrected chi connectivity index (χ1v) is 4.89. The van der Waals surface area contributed by atoms with Crippen LogP contribution in [0.2, 0.25) is 0 Å². The van der Waals surface area contributed by atoms with E-state index in [0.717, 1.165) is 11.1 Å². The molecule has 0 spiro atoms. The van der Waals surface area contributed by atoms with E-state index in [1.54, 1.807) is 0 Å². The molecule has 1 rings (SSSR count). The maximum atomic E-state index is 11.9. The van der Waals surface area contributed by atoms with E-state index < -0.39 is 29.7 Å². The smallest absolute Gasteiger partial charge is 0.325 e. The Morgan fingerprint density at radius 1 is 1.44 bits per heavy atom. The van der Waals surface area contributed by atoms with Crippen molar-refractivity contribution >= 4 is 11.9 Å². The molecule has 0 aliphatic rings. The molecule has 1 heterocycles. The molecular weight excluding hydrogens is 242 g/mol. The van der Waals surface area contributed by atoms with Gasteiger partial charge in [-0.05, 0) is 0 Å². The van der Waals surface area contributed by atoms with Crippen LogP contribution in [-0.2, 0) is 4.79 Å². The Morgan fingerprint density at radius 3 is 2.61 bits per heavy atom. The van der Waals surface area contributed by atoms with Crippen molar-refractivity contribution in [3.8, 4) is 0 Å². The summed E-state index contributed by atoms with van der Waals surface area (Å²) in [6.07, 6.45) is 2.28. The minimum Gasteiger partial charge on any atom is -0.480 e. The third-order valence-corrected chi connectivity index (χ3v) is 2.01. The number of nitrogens with one attached hydrogen (secondary N) is 2. The van der Waals surface area contributed by atoms with Crippen molar-refractivity contribution in [2.45, 2.75) is 0 Å². The summed E-state index contributed by atoms with van der Waals surface area (Å²) < 4.78 is 0. The average Bonchev–Trinajstić information content (AvgIpc) is 2.27. The molecule has 0 saturated heterocycles. The van der Waals surface area contributed by atoms with Gasteiger partial charge in [-0.2, -0.15) is 0 Å². The van der Waals surface area contributed by atoms with Crippen LogP contribution in [0.15, 0.2) is 28.4 Å². The molecule has 1 aromatic heterocycles. The van der Waals surface area contributed by atoms with E-state index in [-0.39, 0.29) is 12.1 Å². The zero-order valence-electron chi connectivity index (χ0n) is 9.30. The second kappa shape index (κ2) is 5.62. The maximum absolute atomic E-state index is 11.9. The van der Waals surface area contributed by atoms with Crippen molar-refractivity contribution in [3.63, 3.8) is 0 Å². The standard InChI is InChI=1S/C10H11N3O5/c1-2-3-13(5-7(14)15)9(17)6-4-11-10(18)12-8(6)16/h2,4H,1,3,5H2,(H,14,15)(H2,11,12,16,18). The van der Waals surface area contributed by atoms with E-state index in [2.05, 4.69) is 11.6 Å². The first kappa shape index (κ1) is 13.4. The number of rotatable bonds is 5. The number of amides is 1. The quantitative estimate of drug-likeness (QED) is 0.567. The molecule has 3 N–H and O–H groups in total. The molecule has 1 amide bonds. The Kier molecular flexibility index (Phi) is 4.19. The lowest BCUT2D eigenvalue weighted by atomic mass is 10.3. The van der Waals surface area contributed by atoms with Gasteiger partial charge in [0.05, 0.1) is 0 Å². The number of nitrogens with zero attached hydrogens (tertiary/aromatic N) is 1. The number of H-pyrrole nitrogens is 2. The predicted molar refractivity (Wildman–Crippen MR) is 61.4 cm³/mol. The van der Waals surface area contributed by atoms with E-state index in [4.69, 9.17) is 5.11 Å². The molecule has 0 fully saturated rings. The molecular formula is C10H11N3O5. The number of aliphatic carboxylic acids is 1. The molecule has 8 heteroatoms. The summed E-state index contributed by atoms with van der Waals surface area (Å²) in [7, 11) is 0. The Labute approximate surface area is 101 Å². The van der Waals surface area contributed by atoms with E-state index >= 15 is 0 Å². The van der Waals surface area contributed by atoms with Crippen LogP contribution in [0.25, 0.3) is 0 Å². The highest BCUT2D eigenvalue weighted by atomic mass is 16.4. The van der Waals surface area contributed by atoms with Crippen LogP contribution in [0.3, 0.4) is 0 Å². The number of hydrogen-bond acceptors (Lipinski definition) is 4. The van der Waals surface area contributed by atoms with Crippen molar-refractivity contribution in [2.24, 2.45) is 0 Å². The molecule has 0 radical (unpaired) electrons. The van der Waals surface area contributed by atoms with Gasteiger partial charge in [0.15, 0.2) is 0 Å². The van der Waals surface area contributed by atoms with Crippen molar-refractivity contribution in [3.05, 3.63) is 45.3 Å². The van der Waals surface area contributed by atoms with E-state index in [9.17, 15) is 19.2 Å². The highest BCUT2D eigenvalue weighted by Gasteiger charge is 2.20. The molecule has 0 atom stereocenters. The Morgan fingerprint density at radius 2 is 2.11 bits per heavy atom. The number of aromatic amines is 2. The van der Waals surface area contributed by atoms with Crippen molar-refractivity contribution < 1.29 is 14.7 Å². The summed E-state index contributed by atoms with van der Waals surface area (Å²) >= 11 is 0. The van der Waals surface area contributed by atoms with Crippen LogP contribution in [-0.4, -0.2) is 44.9 Å². The third-order valence-electron chi connectivity index (χ3n) is 2.01. The molecule has 0 bridgehead atoms. The Bertz CT molecular complexity index is 586. The number of carboxylic acids is 1. The molecule has 0 unspecified atom stereocenters. The minimum atomic E-state index is -1.22. The van der Waals surface area contributed by atoms with Gasteiger partial charge in [0, 0.05) is 12.7 Å². The van der Waals surface area contributed by atoms with Gasteiger partial charge in [-0.3, -0.25) is 19.4 Å². The fourth-order valence-corrected chi connectivity index (χ4v) is 1.28. The fourth-order valence-electron chi connectivity index (χ4n) is 1.28. The lowest BCUT2D eigenvalue weighted by Gasteiger charge is -2.17. The van der Waals surface area contributed by atoms with Crippen molar-refractivity contribution in [1.29, 1.82) is 0 Å². The molecule has 0 aliphatic carbocycles. The van der Waals surface area contributed by atoms with Crippen molar-refractivity contribution in [2.75, 3.05) is 13.1 Å². The van der Waals surface area contributed by atoms with Crippen LogP contribution in [0.4, 0.5) is 0 Å². The van der Waals surface area contributed by atoms with E-state index in [1.165, 1.54) is 6.08 Å². The summed E-state index contributed by atoms with van der Waals surface area (Å²) in [5, 5.41) is 8.65. The van der Waals surface area contributed by atoms with E-state index in [0.29, 0.717) is 0 Å². The minimum absolute atomic E-state index is 0.0241. The van der Waals surface area contributed by atoms with Gasteiger partial charge in [0.1, 0.15) is 12.1 Å². The van der Waals surface area contributed by atoms with Gasteiger partial charge < -0.3 is 15.0 Å². The van der Waals surface area contributed by atoms with Crippen LogP contribution in [0.1, 0.15) is 10.4 Å². The van der Waals surface area contributed by atoms with Crippen LogP contribution in [0, 0.1) is 0 Å². The Balaban J connectivity index is 3.08. The normalized spacial score (nSPS) is 9.78. The van der Waals surface area contributed by atoms with Gasteiger partial charge >= 0.3 is 11.7 Å². The molecule has 18 heavy (non-hydrogen) atoms. The number of aromatic nitrogens is 2. The second-order valence-corrected chi connectivity index (χ2v) is 3.35. The number of hydrogen-bond donors (Lipinski definition) is 3. The van der Waals surface area contributed by atoms with Gasteiger partial charge in [0.2, 0.25) is 0 Å². The highest BCUT2D eigenvalue weighted by Crippen LogP contribution is 1.98. The summed E-state index contributed by atoms with van der Waals surface area (Å²) in [5.74, 6) is -2.01. The zero-order chi connectivity index (χ0) is 13.7. The first-order valence-electron chi connectivity index (χ1n) is 4.89. The topological polar surface area (TPSA) is 123 Å². The highest BCUT2D eigenvalue weighted by molar-refractivity contribution is 5.95. The molecule has 8 nitrogen and oxygen atoms in total. The predicted octanol–water partition coefficient (Wildman–Crippen LogP) is -1.22. The number of carbonyl (C=O) groups is 2. The lowest BCUT2D eigenvalue weighted by molar-refractivity contribution is -0.137.